The lowest BCUT2D eigenvalue weighted by molar-refractivity contribution is 0.402. The number of nitrogens with zero attached hydrogens (tertiary/aromatic N) is 1. The predicted octanol–water partition coefficient (Wildman–Crippen LogP) is 1.25. The zero-order chi connectivity index (χ0) is 14.6. The van der Waals surface area contributed by atoms with Crippen molar-refractivity contribution in [3.05, 3.63) is 41.7 Å². The first-order chi connectivity index (χ1) is 9.53. The molecule has 7 heteroatoms. The highest BCUT2D eigenvalue weighted by Gasteiger charge is 2.19. The van der Waals surface area contributed by atoms with Gasteiger partial charge in [-0.25, -0.2) is 13.1 Å². The van der Waals surface area contributed by atoms with E-state index in [1.165, 1.54) is 7.11 Å². The Labute approximate surface area is 118 Å². The fourth-order valence-electron chi connectivity index (χ4n) is 1.82. The molecule has 0 aliphatic heterocycles. The third kappa shape index (κ3) is 3.37. The summed E-state index contributed by atoms with van der Waals surface area (Å²) in [7, 11) is -2.14. The van der Waals surface area contributed by atoms with Gasteiger partial charge >= 0.3 is 0 Å². The number of hydrogen-bond donors (Lipinski definition) is 2. The average Bonchev–Trinajstić information content (AvgIpc) is 2.91. The summed E-state index contributed by atoms with van der Waals surface area (Å²) in [5.74, 6) is 0.338. The lowest BCUT2D eigenvalue weighted by atomic mass is 10.2. The molecule has 108 valence electrons. The van der Waals surface area contributed by atoms with E-state index >= 15 is 0 Å². The monoisotopic (exact) mass is 295 g/mol. The number of nitrogens with one attached hydrogen (secondary N) is 2. The molecule has 2 aromatic rings. The minimum Gasteiger partial charge on any atom is -0.495 e. The number of benzene rings is 1. The third-order valence-electron chi connectivity index (χ3n) is 2.85. The van der Waals surface area contributed by atoms with Crippen LogP contribution in [0, 0.1) is 6.92 Å². The van der Waals surface area contributed by atoms with Gasteiger partial charge in [-0.3, -0.25) is 5.10 Å². The number of methoxy groups -OCH3 is 1. The molecule has 1 aromatic carbocycles. The molecule has 0 aliphatic rings. The number of aromatic nitrogens is 2. The van der Waals surface area contributed by atoms with Crippen LogP contribution in [0.3, 0.4) is 0 Å². The quantitative estimate of drug-likeness (QED) is 0.840. The molecule has 1 aromatic heterocycles. The van der Waals surface area contributed by atoms with E-state index in [0.29, 0.717) is 18.7 Å². The van der Waals surface area contributed by atoms with Gasteiger partial charge in [-0.1, -0.05) is 6.07 Å². The topological polar surface area (TPSA) is 84.1 Å². The van der Waals surface area contributed by atoms with Gasteiger partial charge < -0.3 is 4.74 Å². The van der Waals surface area contributed by atoms with Crippen LogP contribution in [0.4, 0.5) is 0 Å². The summed E-state index contributed by atoms with van der Waals surface area (Å²) in [6.07, 6.45) is 2.18. The molecule has 0 atom stereocenters. The van der Waals surface area contributed by atoms with Gasteiger partial charge in [0, 0.05) is 24.9 Å². The molecule has 0 unspecified atom stereocenters. The molecule has 1 heterocycles. The fourth-order valence-corrected chi connectivity index (χ4v) is 3.10. The molecule has 0 amide bonds. The molecule has 0 fully saturated rings. The summed E-state index contributed by atoms with van der Waals surface area (Å²) < 4.78 is 32.2. The van der Waals surface area contributed by atoms with Crippen LogP contribution in [0.15, 0.2) is 35.4 Å². The van der Waals surface area contributed by atoms with Crippen LogP contribution < -0.4 is 9.46 Å². The van der Waals surface area contributed by atoms with Crippen LogP contribution in [0.25, 0.3) is 0 Å². The Morgan fingerprint density at radius 3 is 2.80 bits per heavy atom. The Morgan fingerprint density at radius 1 is 1.35 bits per heavy atom. The highest BCUT2D eigenvalue weighted by molar-refractivity contribution is 7.89. The van der Waals surface area contributed by atoms with Crippen molar-refractivity contribution in [1.82, 2.24) is 14.9 Å². The third-order valence-corrected chi connectivity index (χ3v) is 4.34. The molecule has 2 N–H and O–H groups in total. The number of hydrogen-bond acceptors (Lipinski definition) is 4. The van der Waals surface area contributed by atoms with E-state index in [2.05, 4.69) is 14.9 Å². The Hall–Kier alpha value is -1.86. The number of H-pyrrole nitrogens is 1. The highest BCUT2D eigenvalue weighted by Crippen LogP contribution is 2.24. The molecule has 0 aliphatic carbocycles. The summed E-state index contributed by atoms with van der Waals surface area (Å²) in [6, 6.07) is 6.86. The standard InChI is InChI=1S/C13H17N3O3S/c1-10-3-4-12(19-2)13(9-10)20(17,18)15-8-6-11-5-7-14-16-11/h3-5,7,9,15H,6,8H2,1-2H3,(H,14,16). The average molecular weight is 295 g/mol. The second-order valence-corrected chi connectivity index (χ2v) is 6.12. The predicted molar refractivity (Wildman–Crippen MR) is 75.2 cm³/mol. The van der Waals surface area contributed by atoms with Crippen molar-refractivity contribution in [3.63, 3.8) is 0 Å². The van der Waals surface area contributed by atoms with E-state index < -0.39 is 10.0 Å². The smallest absolute Gasteiger partial charge is 0.244 e. The first kappa shape index (κ1) is 14.5. The van der Waals surface area contributed by atoms with Crippen molar-refractivity contribution in [2.24, 2.45) is 0 Å². The molecule has 0 spiro atoms. The molecule has 0 saturated heterocycles. The van der Waals surface area contributed by atoms with Crippen molar-refractivity contribution in [2.75, 3.05) is 13.7 Å². The number of sulfonamides is 1. The van der Waals surface area contributed by atoms with Crippen molar-refractivity contribution in [3.8, 4) is 5.75 Å². The van der Waals surface area contributed by atoms with Crippen molar-refractivity contribution in [2.45, 2.75) is 18.2 Å². The molecule has 6 nitrogen and oxygen atoms in total. The Kier molecular flexibility index (Phi) is 4.41. The minimum absolute atomic E-state index is 0.157. The molecule has 0 saturated carbocycles. The van der Waals surface area contributed by atoms with E-state index in [1.807, 2.05) is 19.1 Å². The van der Waals surface area contributed by atoms with E-state index in [-0.39, 0.29) is 4.90 Å². The largest absolute Gasteiger partial charge is 0.495 e. The number of aryl methyl sites for hydroxylation is 1. The maximum absolute atomic E-state index is 12.3. The Morgan fingerprint density at radius 2 is 2.15 bits per heavy atom. The maximum atomic E-state index is 12.3. The van der Waals surface area contributed by atoms with Gasteiger partial charge in [-0.15, -0.1) is 0 Å². The summed E-state index contributed by atoms with van der Waals surface area (Å²) in [5.41, 5.74) is 1.74. The van der Waals surface area contributed by atoms with Crippen LogP contribution in [0.5, 0.6) is 5.75 Å². The van der Waals surface area contributed by atoms with Gasteiger partial charge in [0.1, 0.15) is 10.6 Å². The molecule has 0 bridgehead atoms. The minimum atomic E-state index is -3.59. The Balaban J connectivity index is 2.11. The van der Waals surface area contributed by atoms with Crippen LogP contribution >= 0.6 is 0 Å². The molecule has 20 heavy (non-hydrogen) atoms. The number of aromatic amines is 1. The van der Waals surface area contributed by atoms with Crippen LogP contribution in [0.1, 0.15) is 11.3 Å². The SMILES string of the molecule is COc1ccc(C)cc1S(=O)(=O)NCCc1ccn[nH]1. The molecular weight excluding hydrogens is 278 g/mol. The fraction of sp³-hybridized carbons (Fsp3) is 0.308. The van der Waals surface area contributed by atoms with Gasteiger partial charge in [0.05, 0.1) is 7.11 Å². The van der Waals surface area contributed by atoms with E-state index in [1.54, 1.807) is 18.3 Å². The van der Waals surface area contributed by atoms with Crippen molar-refractivity contribution >= 4 is 10.0 Å². The summed E-state index contributed by atoms with van der Waals surface area (Å²) >= 11 is 0. The number of ether oxygens (including phenoxy) is 1. The van der Waals surface area contributed by atoms with Crippen molar-refractivity contribution < 1.29 is 13.2 Å². The zero-order valence-corrected chi connectivity index (χ0v) is 12.2. The highest BCUT2D eigenvalue weighted by atomic mass is 32.2. The number of rotatable bonds is 6. The van der Waals surface area contributed by atoms with Crippen LogP contribution in [0.2, 0.25) is 0 Å². The maximum Gasteiger partial charge on any atom is 0.244 e. The molecular formula is C13H17N3O3S. The van der Waals surface area contributed by atoms with Gasteiger partial charge in [0.25, 0.3) is 0 Å². The van der Waals surface area contributed by atoms with E-state index in [0.717, 1.165) is 11.3 Å². The lowest BCUT2D eigenvalue weighted by Gasteiger charge is -2.11. The second kappa shape index (κ2) is 6.06. The van der Waals surface area contributed by atoms with Crippen molar-refractivity contribution in [1.29, 1.82) is 0 Å². The summed E-state index contributed by atoms with van der Waals surface area (Å²) in [4.78, 5) is 0.157. The van der Waals surface area contributed by atoms with Gasteiger partial charge in [0.2, 0.25) is 10.0 Å². The zero-order valence-electron chi connectivity index (χ0n) is 11.4. The molecule has 0 radical (unpaired) electrons. The van der Waals surface area contributed by atoms with Gasteiger partial charge in [0.15, 0.2) is 0 Å². The van der Waals surface area contributed by atoms with Crippen LogP contribution in [-0.2, 0) is 16.4 Å². The summed E-state index contributed by atoms with van der Waals surface area (Å²) in [5, 5.41) is 6.60. The van der Waals surface area contributed by atoms with Gasteiger partial charge in [-0.05, 0) is 30.7 Å². The second-order valence-electron chi connectivity index (χ2n) is 4.38. The normalized spacial score (nSPS) is 11.5. The first-order valence-corrected chi connectivity index (χ1v) is 7.64. The van der Waals surface area contributed by atoms with Gasteiger partial charge in [-0.2, -0.15) is 5.10 Å². The van der Waals surface area contributed by atoms with E-state index in [4.69, 9.17) is 4.74 Å². The van der Waals surface area contributed by atoms with Crippen LogP contribution in [-0.4, -0.2) is 32.3 Å². The summed E-state index contributed by atoms with van der Waals surface area (Å²) in [6.45, 7) is 2.13. The first-order valence-electron chi connectivity index (χ1n) is 6.15. The van der Waals surface area contributed by atoms with E-state index in [9.17, 15) is 8.42 Å². The lowest BCUT2D eigenvalue weighted by Crippen LogP contribution is -2.26. The molecule has 2 rings (SSSR count). The Bertz CT molecular complexity index is 666.